The number of nitrogens with one attached hydrogen (secondary N) is 1. The fourth-order valence-corrected chi connectivity index (χ4v) is 2.53. The van der Waals surface area contributed by atoms with Gasteiger partial charge in [0.2, 0.25) is 0 Å². The molecule has 15 heavy (non-hydrogen) atoms. The van der Waals surface area contributed by atoms with Gasteiger partial charge in [0, 0.05) is 6.04 Å². The molecule has 0 saturated heterocycles. The molecule has 0 amide bonds. The molecule has 0 aromatic carbocycles. The minimum absolute atomic E-state index is 0.652. The maximum Gasteiger partial charge on any atom is 0.0110 e. The molecule has 0 radical (unpaired) electrons. The van der Waals surface area contributed by atoms with Gasteiger partial charge in [-0.25, -0.2) is 0 Å². The number of thiophene rings is 1. The van der Waals surface area contributed by atoms with Crippen molar-refractivity contribution in [3.63, 3.8) is 0 Å². The van der Waals surface area contributed by atoms with E-state index in [1.54, 1.807) is 11.3 Å². The van der Waals surface area contributed by atoms with Crippen LogP contribution in [-0.4, -0.2) is 12.6 Å². The summed E-state index contributed by atoms with van der Waals surface area (Å²) in [5, 5.41) is 8.08. The summed E-state index contributed by atoms with van der Waals surface area (Å²) in [5.74, 6) is 0.776. The van der Waals surface area contributed by atoms with E-state index >= 15 is 0 Å². The van der Waals surface area contributed by atoms with Crippen LogP contribution in [0.4, 0.5) is 0 Å². The Balaban J connectivity index is 2.41. The number of hydrogen-bond acceptors (Lipinski definition) is 2. The molecule has 0 spiro atoms. The summed E-state index contributed by atoms with van der Waals surface area (Å²) in [4.78, 5) is 0. The Hall–Kier alpha value is -0.340. The zero-order valence-electron chi connectivity index (χ0n) is 10.1. The maximum absolute atomic E-state index is 3.64. The lowest BCUT2D eigenvalue weighted by molar-refractivity contribution is 0.416. The standard InChI is InChI=1S/C13H23NS/c1-4-6-14-13(8-11(2)3)9-12-5-7-15-10-12/h5,7,10-11,13-14H,4,6,8-9H2,1-3H3. The van der Waals surface area contributed by atoms with E-state index in [2.05, 4.69) is 42.9 Å². The SMILES string of the molecule is CCCNC(Cc1ccsc1)CC(C)C. The summed E-state index contributed by atoms with van der Waals surface area (Å²) in [6.45, 7) is 7.97. The lowest BCUT2D eigenvalue weighted by atomic mass is 9.98. The average Bonchev–Trinajstić information content (AvgIpc) is 2.66. The lowest BCUT2D eigenvalue weighted by Crippen LogP contribution is -2.32. The topological polar surface area (TPSA) is 12.0 Å². The van der Waals surface area contributed by atoms with Crippen LogP contribution in [0.5, 0.6) is 0 Å². The molecular formula is C13H23NS. The third-order valence-corrected chi connectivity index (χ3v) is 3.23. The minimum atomic E-state index is 0.652. The first-order valence-electron chi connectivity index (χ1n) is 5.96. The molecule has 0 fully saturated rings. The molecule has 1 atom stereocenters. The van der Waals surface area contributed by atoms with E-state index in [1.807, 2.05) is 0 Å². The van der Waals surface area contributed by atoms with Crippen LogP contribution in [0.1, 0.15) is 39.2 Å². The molecule has 0 aliphatic carbocycles. The van der Waals surface area contributed by atoms with Gasteiger partial charge in [-0.15, -0.1) is 0 Å². The summed E-state index contributed by atoms with van der Waals surface area (Å²) in [5.41, 5.74) is 1.48. The molecule has 0 aliphatic rings. The molecule has 1 aromatic rings. The Morgan fingerprint density at radius 3 is 2.73 bits per heavy atom. The lowest BCUT2D eigenvalue weighted by Gasteiger charge is -2.20. The highest BCUT2D eigenvalue weighted by Gasteiger charge is 2.10. The Bertz CT molecular complexity index is 241. The van der Waals surface area contributed by atoms with Gasteiger partial charge in [-0.2, -0.15) is 11.3 Å². The predicted molar refractivity (Wildman–Crippen MR) is 69.6 cm³/mol. The van der Waals surface area contributed by atoms with E-state index in [-0.39, 0.29) is 0 Å². The van der Waals surface area contributed by atoms with Crippen molar-refractivity contribution in [2.24, 2.45) is 5.92 Å². The van der Waals surface area contributed by atoms with Gasteiger partial charge in [0.25, 0.3) is 0 Å². The van der Waals surface area contributed by atoms with Crippen molar-refractivity contribution in [3.05, 3.63) is 22.4 Å². The summed E-state index contributed by atoms with van der Waals surface area (Å²) in [6.07, 6.45) is 3.68. The van der Waals surface area contributed by atoms with Gasteiger partial charge in [-0.05, 0) is 54.1 Å². The average molecular weight is 225 g/mol. The van der Waals surface area contributed by atoms with Crippen molar-refractivity contribution in [1.82, 2.24) is 5.32 Å². The molecule has 1 heterocycles. The van der Waals surface area contributed by atoms with Gasteiger partial charge in [-0.1, -0.05) is 20.8 Å². The van der Waals surface area contributed by atoms with Crippen molar-refractivity contribution < 1.29 is 0 Å². The van der Waals surface area contributed by atoms with Crippen LogP contribution in [0.3, 0.4) is 0 Å². The Morgan fingerprint density at radius 1 is 1.40 bits per heavy atom. The summed E-state index contributed by atoms with van der Waals surface area (Å²) in [6, 6.07) is 2.89. The van der Waals surface area contributed by atoms with Gasteiger partial charge in [0.05, 0.1) is 0 Å². The van der Waals surface area contributed by atoms with Gasteiger partial charge in [0.15, 0.2) is 0 Å². The zero-order valence-corrected chi connectivity index (χ0v) is 10.9. The molecule has 1 rings (SSSR count). The zero-order chi connectivity index (χ0) is 11.1. The van der Waals surface area contributed by atoms with Gasteiger partial charge in [0.1, 0.15) is 0 Å². The van der Waals surface area contributed by atoms with E-state index in [9.17, 15) is 0 Å². The van der Waals surface area contributed by atoms with E-state index in [1.165, 1.54) is 24.8 Å². The van der Waals surface area contributed by atoms with Gasteiger partial charge < -0.3 is 5.32 Å². The van der Waals surface area contributed by atoms with Crippen LogP contribution in [-0.2, 0) is 6.42 Å². The summed E-state index contributed by atoms with van der Waals surface area (Å²) >= 11 is 1.80. The molecule has 2 heteroatoms. The summed E-state index contributed by atoms with van der Waals surface area (Å²) < 4.78 is 0. The Kier molecular flexibility index (Phi) is 5.96. The second kappa shape index (κ2) is 7.02. The monoisotopic (exact) mass is 225 g/mol. The highest BCUT2D eigenvalue weighted by atomic mass is 32.1. The molecule has 0 aliphatic heterocycles. The normalized spacial score (nSPS) is 13.3. The van der Waals surface area contributed by atoms with Crippen molar-refractivity contribution in [2.45, 2.75) is 46.1 Å². The first-order valence-corrected chi connectivity index (χ1v) is 6.91. The Morgan fingerprint density at radius 2 is 2.20 bits per heavy atom. The fourth-order valence-electron chi connectivity index (χ4n) is 1.85. The highest BCUT2D eigenvalue weighted by Crippen LogP contribution is 2.13. The molecule has 1 unspecified atom stereocenters. The van der Waals surface area contributed by atoms with E-state index in [4.69, 9.17) is 0 Å². The van der Waals surface area contributed by atoms with Crippen LogP contribution in [0, 0.1) is 5.92 Å². The maximum atomic E-state index is 3.64. The second-order valence-corrected chi connectivity index (χ2v) is 5.40. The quantitative estimate of drug-likeness (QED) is 0.746. The van der Waals surface area contributed by atoms with Gasteiger partial charge >= 0.3 is 0 Å². The third kappa shape index (κ3) is 5.33. The summed E-state index contributed by atoms with van der Waals surface area (Å²) in [7, 11) is 0. The van der Waals surface area contributed by atoms with Crippen LogP contribution >= 0.6 is 11.3 Å². The van der Waals surface area contributed by atoms with Gasteiger partial charge in [-0.3, -0.25) is 0 Å². The second-order valence-electron chi connectivity index (χ2n) is 4.62. The van der Waals surface area contributed by atoms with Crippen molar-refractivity contribution >= 4 is 11.3 Å². The minimum Gasteiger partial charge on any atom is -0.314 e. The Labute approximate surface area is 97.9 Å². The third-order valence-electron chi connectivity index (χ3n) is 2.50. The van der Waals surface area contributed by atoms with Crippen molar-refractivity contribution in [3.8, 4) is 0 Å². The van der Waals surface area contributed by atoms with Crippen LogP contribution in [0.25, 0.3) is 0 Å². The highest BCUT2D eigenvalue weighted by molar-refractivity contribution is 7.07. The number of rotatable bonds is 7. The smallest absolute Gasteiger partial charge is 0.0110 e. The van der Waals surface area contributed by atoms with E-state index in [0.717, 1.165) is 12.5 Å². The molecular weight excluding hydrogens is 202 g/mol. The molecule has 0 bridgehead atoms. The molecule has 0 saturated carbocycles. The van der Waals surface area contributed by atoms with Crippen LogP contribution in [0.2, 0.25) is 0 Å². The fraction of sp³-hybridized carbons (Fsp3) is 0.692. The van der Waals surface area contributed by atoms with Crippen molar-refractivity contribution in [2.75, 3.05) is 6.54 Å². The molecule has 86 valence electrons. The molecule has 1 nitrogen and oxygen atoms in total. The molecule has 1 N–H and O–H groups in total. The van der Waals surface area contributed by atoms with Crippen LogP contribution in [0.15, 0.2) is 16.8 Å². The number of hydrogen-bond donors (Lipinski definition) is 1. The van der Waals surface area contributed by atoms with E-state index in [0.29, 0.717) is 6.04 Å². The predicted octanol–water partition coefficient (Wildman–Crippen LogP) is 3.70. The van der Waals surface area contributed by atoms with E-state index < -0.39 is 0 Å². The largest absolute Gasteiger partial charge is 0.314 e. The first kappa shape index (κ1) is 12.7. The first-order chi connectivity index (χ1) is 7.22. The molecule has 1 aromatic heterocycles. The van der Waals surface area contributed by atoms with Crippen molar-refractivity contribution in [1.29, 1.82) is 0 Å². The van der Waals surface area contributed by atoms with Crippen LogP contribution < -0.4 is 5.32 Å².